The van der Waals surface area contributed by atoms with Crippen LogP contribution in [0.5, 0.6) is 0 Å². The number of piperazine rings is 1. The van der Waals surface area contributed by atoms with Gasteiger partial charge in [-0.15, -0.1) is 0 Å². The number of nitriles is 1. The summed E-state index contributed by atoms with van der Waals surface area (Å²) in [7, 11) is 0. The highest BCUT2D eigenvalue weighted by atomic mass is 15.3. The van der Waals surface area contributed by atoms with Crippen LogP contribution in [0.1, 0.15) is 18.3 Å². The van der Waals surface area contributed by atoms with Gasteiger partial charge in [0, 0.05) is 37.6 Å². The molecule has 96 valence electrons. The van der Waals surface area contributed by atoms with Gasteiger partial charge >= 0.3 is 0 Å². The molecule has 0 spiro atoms. The summed E-state index contributed by atoms with van der Waals surface area (Å²) in [5, 5.41) is 8.91. The van der Waals surface area contributed by atoms with Crippen LogP contribution in [0.3, 0.4) is 0 Å². The minimum absolute atomic E-state index is 0.00712. The molecule has 1 atom stereocenters. The average molecular weight is 245 g/mol. The largest absolute Gasteiger partial charge is 0.338 e. The number of hydrogen-bond acceptors (Lipinski definition) is 5. The van der Waals surface area contributed by atoms with Crippen LogP contribution in [0.15, 0.2) is 6.07 Å². The molecule has 1 aliphatic heterocycles. The Hall–Kier alpha value is -1.67. The Morgan fingerprint density at radius 3 is 2.22 bits per heavy atom. The highest BCUT2D eigenvalue weighted by Crippen LogP contribution is 2.13. The third kappa shape index (κ3) is 2.77. The number of rotatable bonds is 2. The van der Waals surface area contributed by atoms with Crippen molar-refractivity contribution in [1.82, 2.24) is 14.9 Å². The molecule has 0 amide bonds. The molecular weight excluding hydrogens is 226 g/mol. The molecule has 2 rings (SSSR count). The molecule has 1 fully saturated rings. The third-order valence-corrected chi connectivity index (χ3v) is 3.30. The molecule has 1 aromatic rings. The molecule has 0 radical (unpaired) electrons. The van der Waals surface area contributed by atoms with Crippen molar-refractivity contribution in [3.05, 3.63) is 17.5 Å². The van der Waals surface area contributed by atoms with E-state index in [-0.39, 0.29) is 6.04 Å². The first-order valence-electron chi connectivity index (χ1n) is 6.31. The first-order valence-corrected chi connectivity index (χ1v) is 6.31. The molecule has 0 aliphatic carbocycles. The van der Waals surface area contributed by atoms with Crippen molar-refractivity contribution in [2.45, 2.75) is 26.8 Å². The van der Waals surface area contributed by atoms with E-state index in [9.17, 15) is 0 Å². The second-order valence-corrected chi connectivity index (χ2v) is 4.78. The van der Waals surface area contributed by atoms with Gasteiger partial charge in [0.25, 0.3) is 0 Å². The van der Waals surface area contributed by atoms with Crippen molar-refractivity contribution in [3.8, 4) is 6.07 Å². The van der Waals surface area contributed by atoms with Crippen molar-refractivity contribution in [2.24, 2.45) is 0 Å². The fourth-order valence-corrected chi connectivity index (χ4v) is 2.24. The first-order chi connectivity index (χ1) is 8.60. The van der Waals surface area contributed by atoms with Crippen molar-refractivity contribution < 1.29 is 0 Å². The maximum Gasteiger partial charge on any atom is 0.225 e. The van der Waals surface area contributed by atoms with Crippen LogP contribution in [-0.2, 0) is 0 Å². The van der Waals surface area contributed by atoms with E-state index >= 15 is 0 Å². The Kier molecular flexibility index (Phi) is 3.78. The Morgan fingerprint density at radius 1 is 1.17 bits per heavy atom. The van der Waals surface area contributed by atoms with Gasteiger partial charge in [0.15, 0.2) is 0 Å². The summed E-state index contributed by atoms with van der Waals surface area (Å²) in [5.74, 6) is 0.816. The lowest BCUT2D eigenvalue weighted by atomic mass is 10.2. The van der Waals surface area contributed by atoms with E-state index in [4.69, 9.17) is 5.26 Å². The zero-order chi connectivity index (χ0) is 13.1. The van der Waals surface area contributed by atoms with Crippen LogP contribution in [0.25, 0.3) is 0 Å². The van der Waals surface area contributed by atoms with E-state index in [1.54, 1.807) is 0 Å². The lowest BCUT2D eigenvalue weighted by Crippen LogP contribution is -2.49. The Morgan fingerprint density at radius 2 is 1.72 bits per heavy atom. The number of nitrogens with zero attached hydrogens (tertiary/aromatic N) is 5. The monoisotopic (exact) mass is 245 g/mol. The number of aromatic nitrogens is 2. The van der Waals surface area contributed by atoms with Gasteiger partial charge in [0.2, 0.25) is 5.95 Å². The highest BCUT2D eigenvalue weighted by molar-refractivity contribution is 5.33. The summed E-state index contributed by atoms with van der Waals surface area (Å²) in [6.45, 7) is 9.49. The molecule has 0 bridgehead atoms. The molecule has 1 unspecified atom stereocenters. The van der Waals surface area contributed by atoms with Gasteiger partial charge in [-0.1, -0.05) is 0 Å². The van der Waals surface area contributed by atoms with Crippen LogP contribution < -0.4 is 4.90 Å². The Bertz CT molecular complexity index is 437. The van der Waals surface area contributed by atoms with E-state index in [1.807, 2.05) is 26.8 Å². The van der Waals surface area contributed by atoms with Crippen LogP contribution in [0.4, 0.5) is 5.95 Å². The molecule has 18 heavy (non-hydrogen) atoms. The van der Waals surface area contributed by atoms with Crippen LogP contribution in [-0.4, -0.2) is 47.1 Å². The van der Waals surface area contributed by atoms with Gasteiger partial charge in [0.05, 0.1) is 12.1 Å². The van der Waals surface area contributed by atoms with E-state index in [0.717, 1.165) is 43.5 Å². The minimum atomic E-state index is -0.00712. The molecule has 5 nitrogen and oxygen atoms in total. The third-order valence-electron chi connectivity index (χ3n) is 3.30. The zero-order valence-corrected chi connectivity index (χ0v) is 11.2. The van der Waals surface area contributed by atoms with Gasteiger partial charge in [-0.3, -0.25) is 4.90 Å². The lowest BCUT2D eigenvalue weighted by molar-refractivity contribution is 0.230. The predicted molar refractivity (Wildman–Crippen MR) is 70.4 cm³/mol. The van der Waals surface area contributed by atoms with Gasteiger partial charge in [-0.2, -0.15) is 5.26 Å². The average Bonchev–Trinajstić information content (AvgIpc) is 2.37. The molecule has 1 aliphatic rings. The topological polar surface area (TPSA) is 56.1 Å². The minimum Gasteiger partial charge on any atom is -0.338 e. The summed E-state index contributed by atoms with van der Waals surface area (Å²) >= 11 is 0. The van der Waals surface area contributed by atoms with Crippen molar-refractivity contribution in [3.63, 3.8) is 0 Å². The van der Waals surface area contributed by atoms with Crippen LogP contribution in [0.2, 0.25) is 0 Å². The molecule has 1 aromatic heterocycles. The summed E-state index contributed by atoms with van der Waals surface area (Å²) in [6, 6.07) is 4.26. The van der Waals surface area contributed by atoms with Crippen molar-refractivity contribution in [1.29, 1.82) is 5.26 Å². The summed E-state index contributed by atoms with van der Waals surface area (Å²) in [6.07, 6.45) is 0. The Balaban J connectivity index is 2.03. The Labute approximate surface area is 108 Å². The standard InChI is InChI=1S/C13H19N5/c1-10-8-11(2)16-13(15-10)18-6-4-17(5-7-18)12(3)9-14/h8,12H,4-7H2,1-3H3. The molecule has 2 heterocycles. The van der Waals surface area contributed by atoms with Crippen LogP contribution >= 0.6 is 0 Å². The highest BCUT2D eigenvalue weighted by Gasteiger charge is 2.22. The SMILES string of the molecule is Cc1cc(C)nc(N2CCN(C(C)C#N)CC2)n1. The van der Waals surface area contributed by atoms with Gasteiger partial charge in [-0.05, 0) is 26.8 Å². The van der Waals surface area contributed by atoms with E-state index in [0.29, 0.717) is 0 Å². The summed E-state index contributed by atoms with van der Waals surface area (Å²) in [5.41, 5.74) is 2.01. The van der Waals surface area contributed by atoms with Crippen molar-refractivity contribution in [2.75, 3.05) is 31.1 Å². The smallest absolute Gasteiger partial charge is 0.225 e. The van der Waals surface area contributed by atoms with Crippen LogP contribution in [0, 0.1) is 25.2 Å². The molecule has 0 N–H and O–H groups in total. The number of hydrogen-bond donors (Lipinski definition) is 0. The fraction of sp³-hybridized carbons (Fsp3) is 0.615. The summed E-state index contributed by atoms with van der Waals surface area (Å²) in [4.78, 5) is 13.3. The van der Waals surface area contributed by atoms with Gasteiger partial charge < -0.3 is 4.90 Å². The van der Waals surface area contributed by atoms with Crippen molar-refractivity contribution >= 4 is 5.95 Å². The van der Waals surface area contributed by atoms with Gasteiger partial charge in [-0.25, -0.2) is 9.97 Å². The first kappa shape index (κ1) is 12.8. The second-order valence-electron chi connectivity index (χ2n) is 4.78. The molecule has 1 saturated heterocycles. The molecule has 5 heteroatoms. The predicted octanol–water partition coefficient (Wildman–Crippen LogP) is 1.13. The number of anilines is 1. The normalized spacial score (nSPS) is 18.4. The maximum atomic E-state index is 8.91. The molecule has 0 saturated carbocycles. The quantitative estimate of drug-likeness (QED) is 0.781. The van der Waals surface area contributed by atoms with Gasteiger partial charge in [0.1, 0.15) is 0 Å². The molecular formula is C13H19N5. The fourth-order valence-electron chi connectivity index (χ4n) is 2.24. The van der Waals surface area contributed by atoms with E-state index in [1.165, 1.54) is 0 Å². The lowest BCUT2D eigenvalue weighted by Gasteiger charge is -2.35. The molecule has 0 aromatic carbocycles. The van der Waals surface area contributed by atoms with E-state index in [2.05, 4.69) is 25.8 Å². The summed E-state index contributed by atoms with van der Waals surface area (Å²) < 4.78 is 0. The maximum absolute atomic E-state index is 8.91. The number of aryl methyl sites for hydroxylation is 2. The van der Waals surface area contributed by atoms with E-state index < -0.39 is 0 Å². The second kappa shape index (κ2) is 5.32. The zero-order valence-electron chi connectivity index (χ0n) is 11.2.